The lowest BCUT2D eigenvalue weighted by Crippen LogP contribution is -2.22. The minimum Gasteiger partial charge on any atom is -0.355 e. The Morgan fingerprint density at radius 3 is 2.48 bits per heavy atom. The molecule has 3 rings (SSSR count). The monoisotopic (exact) mass is 306 g/mol. The predicted molar refractivity (Wildman–Crippen MR) is 88.9 cm³/mol. The second kappa shape index (κ2) is 6.92. The molecule has 0 saturated heterocycles. The first-order valence-corrected chi connectivity index (χ1v) is 7.64. The van der Waals surface area contributed by atoms with Crippen LogP contribution < -0.4 is 5.32 Å². The van der Waals surface area contributed by atoms with Crippen molar-refractivity contribution >= 4 is 5.91 Å². The fourth-order valence-electron chi connectivity index (χ4n) is 2.29. The Hall–Kier alpha value is -2.88. The number of carbonyl (C=O) groups is 1. The van der Waals surface area contributed by atoms with Gasteiger partial charge in [0, 0.05) is 18.2 Å². The van der Waals surface area contributed by atoms with Gasteiger partial charge in [-0.3, -0.25) is 4.79 Å². The summed E-state index contributed by atoms with van der Waals surface area (Å²) in [4.78, 5) is 12.1. The number of hydrogen-bond donors (Lipinski definition) is 1. The van der Waals surface area contributed by atoms with E-state index in [1.807, 2.05) is 54.6 Å². The van der Waals surface area contributed by atoms with Crippen molar-refractivity contribution in [2.24, 2.45) is 0 Å². The summed E-state index contributed by atoms with van der Waals surface area (Å²) in [5.41, 5.74) is 3.50. The van der Waals surface area contributed by atoms with E-state index in [1.165, 1.54) is 5.56 Å². The molecule has 0 aliphatic rings. The average molecular weight is 306 g/mol. The molecule has 23 heavy (non-hydrogen) atoms. The van der Waals surface area contributed by atoms with Crippen molar-refractivity contribution in [3.8, 4) is 11.3 Å². The Balaban J connectivity index is 1.67. The summed E-state index contributed by atoms with van der Waals surface area (Å²) in [7, 11) is 0. The average Bonchev–Trinajstić information content (AvgIpc) is 3.11. The number of carbonyl (C=O) groups excluding carboxylic acids is 1. The van der Waals surface area contributed by atoms with Crippen LogP contribution in [0.2, 0.25) is 0 Å². The van der Waals surface area contributed by atoms with Gasteiger partial charge in [-0.1, -0.05) is 66.7 Å². The van der Waals surface area contributed by atoms with Crippen molar-refractivity contribution in [1.29, 1.82) is 0 Å². The van der Waals surface area contributed by atoms with Crippen molar-refractivity contribution in [1.82, 2.24) is 10.5 Å². The normalized spacial score (nSPS) is 10.5. The van der Waals surface area contributed by atoms with Crippen LogP contribution in [0.1, 0.15) is 28.5 Å². The van der Waals surface area contributed by atoms with E-state index in [-0.39, 0.29) is 11.6 Å². The Bertz CT molecular complexity index is 777. The second-order valence-corrected chi connectivity index (χ2v) is 5.30. The van der Waals surface area contributed by atoms with Crippen molar-refractivity contribution in [3.63, 3.8) is 0 Å². The van der Waals surface area contributed by atoms with Crippen molar-refractivity contribution in [3.05, 3.63) is 77.5 Å². The lowest BCUT2D eigenvalue weighted by molar-refractivity contribution is 0.0942. The van der Waals surface area contributed by atoms with Crippen LogP contribution in [0.25, 0.3) is 11.3 Å². The molecule has 4 nitrogen and oxygen atoms in total. The molecule has 0 unspecified atom stereocenters. The molecule has 0 aliphatic heterocycles. The summed E-state index contributed by atoms with van der Waals surface area (Å²) < 4.78 is 5.29. The third-order valence-electron chi connectivity index (χ3n) is 3.69. The predicted octanol–water partition coefficient (Wildman–Crippen LogP) is 3.83. The Morgan fingerprint density at radius 1 is 1.04 bits per heavy atom. The molecule has 0 fully saturated rings. The molecule has 1 N–H and O–H groups in total. The SMILES string of the molecule is CCc1ccc(-c2cc(C(=O)NCc3ccccc3)no2)cc1. The van der Waals surface area contributed by atoms with Gasteiger partial charge >= 0.3 is 0 Å². The molecule has 3 aromatic rings. The van der Waals surface area contributed by atoms with Crippen molar-refractivity contribution < 1.29 is 9.32 Å². The van der Waals surface area contributed by atoms with Crippen LogP contribution >= 0.6 is 0 Å². The largest absolute Gasteiger partial charge is 0.355 e. The highest BCUT2D eigenvalue weighted by atomic mass is 16.5. The highest BCUT2D eigenvalue weighted by Crippen LogP contribution is 2.21. The van der Waals surface area contributed by atoms with Gasteiger partial charge in [0.05, 0.1) is 0 Å². The quantitative estimate of drug-likeness (QED) is 0.779. The topological polar surface area (TPSA) is 55.1 Å². The zero-order valence-electron chi connectivity index (χ0n) is 13.0. The van der Waals surface area contributed by atoms with Gasteiger partial charge in [-0.05, 0) is 17.5 Å². The maximum Gasteiger partial charge on any atom is 0.273 e. The highest BCUT2D eigenvalue weighted by molar-refractivity contribution is 5.93. The molecular formula is C19H18N2O2. The fourth-order valence-corrected chi connectivity index (χ4v) is 2.29. The number of rotatable bonds is 5. The van der Waals surface area contributed by atoms with E-state index in [9.17, 15) is 4.79 Å². The summed E-state index contributed by atoms with van der Waals surface area (Å²) in [5.74, 6) is 0.353. The van der Waals surface area contributed by atoms with Crippen LogP contribution in [0.3, 0.4) is 0 Å². The van der Waals surface area contributed by atoms with Crippen molar-refractivity contribution in [2.45, 2.75) is 19.9 Å². The molecule has 0 radical (unpaired) electrons. The number of nitrogens with zero attached hydrogens (tertiary/aromatic N) is 1. The summed E-state index contributed by atoms with van der Waals surface area (Å²) in [6.07, 6.45) is 0.990. The van der Waals surface area contributed by atoms with Crippen molar-refractivity contribution in [2.75, 3.05) is 0 Å². The van der Waals surface area contributed by atoms with E-state index in [0.717, 1.165) is 17.5 Å². The molecule has 0 spiro atoms. The van der Waals surface area contributed by atoms with Gasteiger partial charge in [-0.15, -0.1) is 0 Å². The zero-order chi connectivity index (χ0) is 16.1. The molecule has 0 bridgehead atoms. The van der Waals surface area contributed by atoms with Gasteiger partial charge in [-0.25, -0.2) is 0 Å². The third kappa shape index (κ3) is 3.66. The first kappa shape index (κ1) is 15.0. The smallest absolute Gasteiger partial charge is 0.273 e. The summed E-state index contributed by atoms with van der Waals surface area (Å²) in [6.45, 7) is 2.58. The van der Waals surface area contributed by atoms with E-state index in [4.69, 9.17) is 4.52 Å². The first-order chi connectivity index (χ1) is 11.3. The molecule has 1 amide bonds. The molecule has 0 aliphatic carbocycles. The lowest BCUT2D eigenvalue weighted by Gasteiger charge is -2.02. The Kier molecular flexibility index (Phi) is 4.52. The highest BCUT2D eigenvalue weighted by Gasteiger charge is 2.13. The van der Waals surface area contributed by atoms with Crippen LogP contribution in [0.5, 0.6) is 0 Å². The van der Waals surface area contributed by atoms with Gasteiger partial charge in [-0.2, -0.15) is 0 Å². The van der Waals surface area contributed by atoms with Crippen LogP contribution in [-0.2, 0) is 13.0 Å². The van der Waals surface area contributed by atoms with Crippen LogP contribution in [0.15, 0.2) is 65.2 Å². The van der Waals surface area contributed by atoms with E-state index < -0.39 is 0 Å². The standard InChI is InChI=1S/C19H18N2O2/c1-2-14-8-10-16(11-9-14)18-12-17(21-23-18)19(22)20-13-15-6-4-3-5-7-15/h3-12H,2,13H2,1H3,(H,20,22). The number of amides is 1. The minimum atomic E-state index is -0.242. The van der Waals surface area contributed by atoms with E-state index in [2.05, 4.69) is 17.4 Å². The molecule has 1 aromatic heterocycles. The zero-order valence-corrected chi connectivity index (χ0v) is 13.0. The molecule has 0 atom stereocenters. The van der Waals surface area contributed by atoms with Crippen LogP contribution in [-0.4, -0.2) is 11.1 Å². The Labute approximate surface area is 135 Å². The lowest BCUT2D eigenvalue weighted by atomic mass is 10.1. The number of aryl methyl sites for hydroxylation is 1. The number of aromatic nitrogens is 1. The van der Waals surface area contributed by atoms with E-state index in [1.54, 1.807) is 6.07 Å². The van der Waals surface area contributed by atoms with Gasteiger partial charge < -0.3 is 9.84 Å². The number of benzene rings is 2. The summed E-state index contributed by atoms with van der Waals surface area (Å²) in [5, 5.41) is 6.70. The van der Waals surface area contributed by atoms with Gasteiger partial charge in [0.2, 0.25) is 0 Å². The number of nitrogens with one attached hydrogen (secondary N) is 1. The number of hydrogen-bond acceptors (Lipinski definition) is 3. The minimum absolute atomic E-state index is 0.242. The van der Waals surface area contributed by atoms with Crippen LogP contribution in [0, 0.1) is 0 Å². The fraction of sp³-hybridized carbons (Fsp3) is 0.158. The molecule has 4 heteroatoms. The van der Waals surface area contributed by atoms with E-state index >= 15 is 0 Å². The molecule has 2 aromatic carbocycles. The van der Waals surface area contributed by atoms with Crippen LogP contribution in [0.4, 0.5) is 0 Å². The molecule has 1 heterocycles. The summed E-state index contributed by atoms with van der Waals surface area (Å²) in [6, 6.07) is 19.5. The van der Waals surface area contributed by atoms with Gasteiger partial charge in [0.25, 0.3) is 5.91 Å². The third-order valence-corrected chi connectivity index (χ3v) is 3.69. The first-order valence-electron chi connectivity index (χ1n) is 7.64. The van der Waals surface area contributed by atoms with Gasteiger partial charge in [0.15, 0.2) is 11.5 Å². The van der Waals surface area contributed by atoms with E-state index in [0.29, 0.717) is 12.3 Å². The molecular weight excluding hydrogens is 288 g/mol. The maximum atomic E-state index is 12.1. The molecule has 0 saturated carbocycles. The maximum absolute atomic E-state index is 12.1. The van der Waals surface area contributed by atoms with Gasteiger partial charge in [0.1, 0.15) is 0 Å². The Morgan fingerprint density at radius 2 is 1.78 bits per heavy atom. The molecule has 116 valence electrons. The summed E-state index contributed by atoms with van der Waals surface area (Å²) >= 11 is 0. The second-order valence-electron chi connectivity index (χ2n) is 5.30.